The first-order valence-corrected chi connectivity index (χ1v) is 6.38. The predicted molar refractivity (Wildman–Crippen MR) is 69.7 cm³/mol. The average Bonchev–Trinajstić information content (AvgIpc) is 2.22. The summed E-state index contributed by atoms with van der Waals surface area (Å²) in [6, 6.07) is 5.59. The third-order valence-electron chi connectivity index (χ3n) is 1.94. The molecule has 1 aromatic carbocycles. The lowest BCUT2D eigenvalue weighted by Crippen LogP contribution is -2.34. The molecular weight excluding hydrogens is 251 g/mol. The van der Waals surface area contributed by atoms with E-state index in [2.05, 4.69) is 10.6 Å². The van der Waals surface area contributed by atoms with Gasteiger partial charge in [-0.05, 0) is 31.8 Å². The average molecular weight is 265 g/mol. The fourth-order valence-electron chi connectivity index (χ4n) is 1.12. The molecule has 2 N–H and O–H groups in total. The molecule has 0 heterocycles. The van der Waals surface area contributed by atoms with Crippen molar-refractivity contribution in [2.24, 2.45) is 0 Å². The highest BCUT2D eigenvalue weighted by molar-refractivity contribution is 7.99. The maximum Gasteiger partial charge on any atom is 0.105 e. The largest absolute Gasteiger partial charge is 0.296 e. The Bertz CT molecular complexity index is 316. The highest BCUT2D eigenvalue weighted by Crippen LogP contribution is 2.25. The maximum absolute atomic E-state index is 6.06. The molecule has 0 aromatic heterocycles. The van der Waals surface area contributed by atoms with E-state index in [1.54, 1.807) is 17.8 Å². The van der Waals surface area contributed by atoms with Crippen LogP contribution in [0.5, 0.6) is 0 Å². The minimum absolute atomic E-state index is 0.233. The normalized spacial score (nSPS) is 11.0. The molecule has 0 radical (unpaired) electrons. The quantitative estimate of drug-likeness (QED) is 0.800. The summed E-state index contributed by atoms with van der Waals surface area (Å²) in [6.07, 6.45) is 0. The summed E-state index contributed by atoms with van der Waals surface area (Å²) >= 11 is 13.6. The first-order valence-electron chi connectivity index (χ1n) is 4.57. The molecule has 15 heavy (non-hydrogen) atoms. The van der Waals surface area contributed by atoms with Gasteiger partial charge in [-0.3, -0.25) is 10.6 Å². The second-order valence-corrected chi connectivity index (χ2v) is 4.94. The highest BCUT2D eigenvalue weighted by Gasteiger charge is 2.06. The van der Waals surface area contributed by atoms with Crippen LogP contribution < -0.4 is 10.6 Å². The summed E-state index contributed by atoms with van der Waals surface area (Å²) in [6.45, 7) is 0. The van der Waals surface area contributed by atoms with Gasteiger partial charge in [0.2, 0.25) is 0 Å². The standard InChI is InChI=1S/C10H14Cl2N2S/c1-13-10(14-2)15-6-7-3-4-8(11)5-9(7)12/h3-5,10,13-14H,6H2,1-2H3. The predicted octanol–water partition coefficient (Wildman–Crippen LogP) is 2.95. The zero-order chi connectivity index (χ0) is 11.3. The molecule has 0 spiro atoms. The molecule has 0 aliphatic carbocycles. The van der Waals surface area contributed by atoms with Crippen molar-refractivity contribution in [2.45, 2.75) is 11.3 Å². The molecule has 0 saturated carbocycles. The molecule has 1 rings (SSSR count). The van der Waals surface area contributed by atoms with E-state index < -0.39 is 0 Å². The number of rotatable bonds is 5. The van der Waals surface area contributed by atoms with Crippen molar-refractivity contribution >= 4 is 35.0 Å². The number of benzene rings is 1. The van der Waals surface area contributed by atoms with Crippen LogP contribution in [0.25, 0.3) is 0 Å². The second-order valence-electron chi connectivity index (χ2n) is 3.00. The molecule has 0 aliphatic rings. The van der Waals surface area contributed by atoms with Crippen LogP contribution in [-0.4, -0.2) is 19.6 Å². The number of hydrogen-bond donors (Lipinski definition) is 2. The van der Waals surface area contributed by atoms with Crippen LogP contribution in [0.2, 0.25) is 10.0 Å². The molecule has 84 valence electrons. The minimum Gasteiger partial charge on any atom is -0.296 e. The van der Waals surface area contributed by atoms with Gasteiger partial charge >= 0.3 is 0 Å². The van der Waals surface area contributed by atoms with Crippen molar-refractivity contribution in [3.05, 3.63) is 33.8 Å². The van der Waals surface area contributed by atoms with E-state index >= 15 is 0 Å². The van der Waals surface area contributed by atoms with E-state index in [9.17, 15) is 0 Å². The molecule has 0 fully saturated rings. The van der Waals surface area contributed by atoms with Gasteiger partial charge in [0.1, 0.15) is 5.50 Å². The Balaban J connectivity index is 2.57. The van der Waals surface area contributed by atoms with Crippen molar-refractivity contribution < 1.29 is 0 Å². The van der Waals surface area contributed by atoms with Crippen molar-refractivity contribution in [1.82, 2.24) is 10.6 Å². The van der Waals surface area contributed by atoms with Gasteiger partial charge in [-0.25, -0.2) is 0 Å². The van der Waals surface area contributed by atoms with Crippen molar-refractivity contribution in [1.29, 1.82) is 0 Å². The number of nitrogens with one attached hydrogen (secondary N) is 2. The molecule has 0 unspecified atom stereocenters. The SMILES string of the molecule is CNC(NC)SCc1ccc(Cl)cc1Cl. The van der Waals surface area contributed by atoms with E-state index in [0.29, 0.717) is 5.02 Å². The first kappa shape index (κ1) is 13.1. The molecule has 0 amide bonds. The van der Waals surface area contributed by atoms with Gasteiger partial charge in [0.05, 0.1) is 0 Å². The Morgan fingerprint density at radius 2 is 1.93 bits per heavy atom. The van der Waals surface area contributed by atoms with Gasteiger partial charge < -0.3 is 0 Å². The smallest absolute Gasteiger partial charge is 0.105 e. The van der Waals surface area contributed by atoms with Crippen molar-refractivity contribution in [3.8, 4) is 0 Å². The van der Waals surface area contributed by atoms with E-state index in [-0.39, 0.29) is 5.50 Å². The molecule has 2 nitrogen and oxygen atoms in total. The Morgan fingerprint density at radius 3 is 2.47 bits per heavy atom. The summed E-state index contributed by atoms with van der Waals surface area (Å²) in [5.74, 6) is 0.850. The third-order valence-corrected chi connectivity index (χ3v) is 3.81. The van der Waals surface area contributed by atoms with E-state index in [1.807, 2.05) is 26.2 Å². The zero-order valence-electron chi connectivity index (χ0n) is 8.68. The highest BCUT2D eigenvalue weighted by atomic mass is 35.5. The number of halogens is 2. The van der Waals surface area contributed by atoms with E-state index in [1.165, 1.54) is 0 Å². The molecule has 0 bridgehead atoms. The third kappa shape index (κ3) is 4.21. The first-order chi connectivity index (χ1) is 7.17. The van der Waals surface area contributed by atoms with Gasteiger partial charge in [-0.15, -0.1) is 11.8 Å². The van der Waals surface area contributed by atoms with Gasteiger partial charge in [0, 0.05) is 15.8 Å². The fraction of sp³-hybridized carbons (Fsp3) is 0.400. The van der Waals surface area contributed by atoms with Gasteiger partial charge in [0.15, 0.2) is 0 Å². The van der Waals surface area contributed by atoms with Crippen molar-refractivity contribution in [3.63, 3.8) is 0 Å². The molecule has 0 atom stereocenters. The van der Waals surface area contributed by atoms with Crippen LogP contribution in [0.1, 0.15) is 5.56 Å². The Kier molecular flexibility index (Phi) is 5.79. The van der Waals surface area contributed by atoms with Crippen LogP contribution >= 0.6 is 35.0 Å². The number of hydrogen-bond acceptors (Lipinski definition) is 3. The van der Waals surface area contributed by atoms with E-state index in [0.717, 1.165) is 16.3 Å². The zero-order valence-corrected chi connectivity index (χ0v) is 11.0. The monoisotopic (exact) mass is 264 g/mol. The Morgan fingerprint density at radius 1 is 1.27 bits per heavy atom. The summed E-state index contributed by atoms with van der Waals surface area (Å²) in [4.78, 5) is 0. The lowest BCUT2D eigenvalue weighted by Gasteiger charge is -2.14. The summed E-state index contributed by atoms with van der Waals surface area (Å²) in [5, 5.41) is 7.67. The summed E-state index contributed by atoms with van der Waals surface area (Å²) < 4.78 is 0. The van der Waals surface area contributed by atoms with Crippen LogP contribution in [0.3, 0.4) is 0 Å². The van der Waals surface area contributed by atoms with Crippen LogP contribution in [0.4, 0.5) is 0 Å². The molecule has 0 aliphatic heterocycles. The van der Waals surface area contributed by atoms with Crippen LogP contribution in [0, 0.1) is 0 Å². The maximum atomic E-state index is 6.06. The molecule has 1 aromatic rings. The lowest BCUT2D eigenvalue weighted by molar-refractivity contribution is 0.654. The Labute approximate surface area is 105 Å². The van der Waals surface area contributed by atoms with Gasteiger partial charge in [0.25, 0.3) is 0 Å². The fourth-order valence-corrected chi connectivity index (χ4v) is 2.61. The second kappa shape index (κ2) is 6.61. The van der Waals surface area contributed by atoms with Crippen molar-refractivity contribution in [2.75, 3.05) is 14.1 Å². The number of thioether (sulfide) groups is 1. The summed E-state index contributed by atoms with van der Waals surface area (Å²) in [5.41, 5.74) is 1.33. The molecule has 5 heteroatoms. The summed E-state index contributed by atoms with van der Waals surface area (Å²) in [7, 11) is 3.83. The lowest BCUT2D eigenvalue weighted by atomic mass is 10.2. The van der Waals surface area contributed by atoms with E-state index in [4.69, 9.17) is 23.2 Å². The van der Waals surface area contributed by atoms with Gasteiger partial charge in [-0.2, -0.15) is 0 Å². The Hall–Kier alpha value is 0.0700. The topological polar surface area (TPSA) is 24.1 Å². The minimum atomic E-state index is 0.233. The molecule has 0 saturated heterocycles. The van der Waals surface area contributed by atoms with Crippen LogP contribution in [0.15, 0.2) is 18.2 Å². The molecular formula is C10H14Cl2N2S. The van der Waals surface area contributed by atoms with Gasteiger partial charge in [-0.1, -0.05) is 29.3 Å². The van der Waals surface area contributed by atoms with Crippen LogP contribution in [-0.2, 0) is 5.75 Å².